The lowest BCUT2D eigenvalue weighted by Crippen LogP contribution is -3.15. The standard InChI is InChI=1S/C16H23N3O3/c1-11-7-12(2)9-18(8-11)10-15(20)17-16-13(3)5-4-6-14(16)19(21)22/h4-6,11-12H,7-10H2,1-3H3,(H,17,20)/p+1/t11-,12-/m1/s1. The third-order valence-corrected chi connectivity index (χ3v) is 4.20. The molecular weight excluding hydrogens is 282 g/mol. The fourth-order valence-electron chi connectivity index (χ4n) is 3.44. The number of likely N-dealkylation sites (tertiary alicyclic amines) is 1. The van der Waals surface area contributed by atoms with Crippen molar-refractivity contribution in [3.63, 3.8) is 0 Å². The zero-order chi connectivity index (χ0) is 16.3. The number of nitrogens with one attached hydrogen (secondary N) is 2. The number of benzene rings is 1. The minimum atomic E-state index is -0.458. The van der Waals surface area contributed by atoms with E-state index in [0.717, 1.165) is 13.1 Å². The van der Waals surface area contributed by atoms with Crippen LogP contribution in [0.2, 0.25) is 0 Å². The summed E-state index contributed by atoms with van der Waals surface area (Å²) in [4.78, 5) is 24.1. The Hall–Kier alpha value is -1.95. The zero-order valence-corrected chi connectivity index (χ0v) is 13.4. The molecule has 1 aromatic carbocycles. The number of carbonyl (C=O) groups is 1. The van der Waals surface area contributed by atoms with E-state index in [2.05, 4.69) is 19.2 Å². The number of quaternary nitrogens is 1. The van der Waals surface area contributed by atoms with E-state index in [0.29, 0.717) is 29.6 Å². The first kappa shape index (κ1) is 16.4. The van der Waals surface area contributed by atoms with Gasteiger partial charge in [-0.2, -0.15) is 0 Å². The average molecular weight is 306 g/mol. The van der Waals surface area contributed by atoms with Gasteiger partial charge >= 0.3 is 0 Å². The van der Waals surface area contributed by atoms with Crippen LogP contribution in [0.3, 0.4) is 0 Å². The third kappa shape index (κ3) is 4.04. The Balaban J connectivity index is 2.05. The molecule has 0 unspecified atom stereocenters. The highest BCUT2D eigenvalue weighted by atomic mass is 16.6. The molecule has 0 aromatic heterocycles. The van der Waals surface area contributed by atoms with E-state index in [4.69, 9.17) is 0 Å². The fraction of sp³-hybridized carbons (Fsp3) is 0.562. The van der Waals surface area contributed by atoms with Gasteiger partial charge in [-0.25, -0.2) is 0 Å². The first-order valence-electron chi connectivity index (χ1n) is 7.74. The van der Waals surface area contributed by atoms with E-state index in [1.54, 1.807) is 19.1 Å². The Bertz CT molecular complexity index is 564. The van der Waals surface area contributed by atoms with Crippen molar-refractivity contribution in [3.05, 3.63) is 33.9 Å². The molecule has 1 heterocycles. The number of amides is 1. The van der Waals surface area contributed by atoms with Gasteiger partial charge in [-0.05, 0) is 18.9 Å². The van der Waals surface area contributed by atoms with Crippen LogP contribution in [0.4, 0.5) is 11.4 Å². The SMILES string of the molecule is Cc1cccc([N+](=O)[O-])c1NC(=O)C[NH+]1C[C@H](C)C[C@@H](C)C1. The molecular formula is C16H24N3O3+. The van der Waals surface area contributed by atoms with Gasteiger partial charge in [0.2, 0.25) is 0 Å². The molecule has 6 nitrogen and oxygen atoms in total. The Morgan fingerprint density at radius 3 is 2.59 bits per heavy atom. The highest BCUT2D eigenvalue weighted by Crippen LogP contribution is 2.27. The van der Waals surface area contributed by atoms with Crippen molar-refractivity contribution in [3.8, 4) is 0 Å². The van der Waals surface area contributed by atoms with Gasteiger partial charge in [0, 0.05) is 17.9 Å². The van der Waals surface area contributed by atoms with Crippen LogP contribution in [0.15, 0.2) is 18.2 Å². The third-order valence-electron chi connectivity index (χ3n) is 4.20. The maximum absolute atomic E-state index is 12.3. The number of piperidine rings is 1. The van der Waals surface area contributed by atoms with Crippen LogP contribution < -0.4 is 10.2 Å². The molecule has 0 saturated carbocycles. The maximum atomic E-state index is 12.3. The van der Waals surface area contributed by atoms with E-state index in [9.17, 15) is 14.9 Å². The molecule has 1 aliphatic rings. The van der Waals surface area contributed by atoms with Crippen LogP contribution in [0.1, 0.15) is 25.8 Å². The lowest BCUT2D eigenvalue weighted by molar-refractivity contribution is -0.904. The van der Waals surface area contributed by atoms with Crippen LogP contribution in [0, 0.1) is 28.9 Å². The number of para-hydroxylation sites is 1. The van der Waals surface area contributed by atoms with E-state index in [1.165, 1.54) is 17.4 Å². The lowest BCUT2D eigenvalue weighted by Gasteiger charge is -2.31. The molecule has 2 atom stereocenters. The molecule has 1 aliphatic heterocycles. The molecule has 1 fully saturated rings. The summed E-state index contributed by atoms with van der Waals surface area (Å²) in [6.45, 7) is 8.50. The molecule has 6 heteroatoms. The van der Waals surface area contributed by atoms with Crippen molar-refractivity contribution in [2.24, 2.45) is 11.8 Å². The Morgan fingerprint density at radius 1 is 1.36 bits per heavy atom. The number of nitro benzene ring substituents is 1. The predicted octanol–water partition coefficient (Wildman–Crippen LogP) is 1.40. The molecule has 22 heavy (non-hydrogen) atoms. The molecule has 2 rings (SSSR count). The van der Waals surface area contributed by atoms with Crippen LogP contribution in [-0.4, -0.2) is 30.5 Å². The molecule has 1 saturated heterocycles. The van der Waals surface area contributed by atoms with Crippen molar-refractivity contribution in [2.75, 3.05) is 25.0 Å². The molecule has 0 bridgehead atoms. The lowest BCUT2D eigenvalue weighted by atomic mass is 9.92. The molecule has 120 valence electrons. The van der Waals surface area contributed by atoms with Gasteiger partial charge in [0.15, 0.2) is 6.54 Å². The minimum Gasteiger partial charge on any atom is -0.327 e. The summed E-state index contributed by atoms with van der Waals surface area (Å²) in [7, 11) is 0. The summed E-state index contributed by atoms with van der Waals surface area (Å²) >= 11 is 0. The summed E-state index contributed by atoms with van der Waals surface area (Å²) in [6, 6.07) is 4.81. The van der Waals surface area contributed by atoms with E-state index in [-0.39, 0.29) is 11.6 Å². The van der Waals surface area contributed by atoms with E-state index in [1.807, 2.05) is 0 Å². The highest BCUT2D eigenvalue weighted by Gasteiger charge is 2.27. The quantitative estimate of drug-likeness (QED) is 0.652. The van der Waals surface area contributed by atoms with Crippen molar-refractivity contribution in [1.82, 2.24) is 0 Å². The number of anilines is 1. The number of hydrogen-bond donors (Lipinski definition) is 2. The van der Waals surface area contributed by atoms with Gasteiger partial charge in [0.25, 0.3) is 11.6 Å². The second kappa shape index (κ2) is 6.87. The monoisotopic (exact) mass is 306 g/mol. The molecule has 0 aliphatic carbocycles. The topological polar surface area (TPSA) is 76.7 Å². The first-order chi connectivity index (χ1) is 10.4. The molecule has 1 aromatic rings. The second-order valence-electron chi connectivity index (χ2n) is 6.56. The van der Waals surface area contributed by atoms with Gasteiger partial charge in [0.1, 0.15) is 5.69 Å². The Morgan fingerprint density at radius 2 is 2.00 bits per heavy atom. The fourth-order valence-corrected chi connectivity index (χ4v) is 3.44. The van der Waals surface area contributed by atoms with E-state index >= 15 is 0 Å². The molecule has 2 N–H and O–H groups in total. The predicted molar refractivity (Wildman–Crippen MR) is 85.0 cm³/mol. The number of hydrogen-bond acceptors (Lipinski definition) is 3. The van der Waals surface area contributed by atoms with Crippen molar-refractivity contribution in [1.29, 1.82) is 0 Å². The van der Waals surface area contributed by atoms with Gasteiger partial charge in [-0.3, -0.25) is 14.9 Å². The highest BCUT2D eigenvalue weighted by molar-refractivity contribution is 5.94. The summed E-state index contributed by atoms with van der Waals surface area (Å²) in [5.74, 6) is 1.06. The summed E-state index contributed by atoms with van der Waals surface area (Å²) in [5, 5.41) is 13.8. The van der Waals surface area contributed by atoms with Gasteiger partial charge in [0.05, 0.1) is 18.0 Å². The number of rotatable bonds is 4. The average Bonchev–Trinajstić information content (AvgIpc) is 2.39. The Labute approximate surface area is 130 Å². The number of aryl methyl sites for hydroxylation is 1. The van der Waals surface area contributed by atoms with Gasteiger partial charge < -0.3 is 10.2 Å². The van der Waals surface area contributed by atoms with Gasteiger partial charge in [-0.1, -0.05) is 26.0 Å². The summed E-state index contributed by atoms with van der Waals surface area (Å²) in [5.41, 5.74) is 0.969. The van der Waals surface area contributed by atoms with Gasteiger partial charge in [-0.15, -0.1) is 0 Å². The zero-order valence-electron chi connectivity index (χ0n) is 13.4. The van der Waals surface area contributed by atoms with Crippen molar-refractivity contribution in [2.45, 2.75) is 27.2 Å². The van der Waals surface area contributed by atoms with E-state index < -0.39 is 4.92 Å². The van der Waals surface area contributed by atoms with Crippen LogP contribution >= 0.6 is 0 Å². The number of nitrogens with zero attached hydrogens (tertiary/aromatic N) is 1. The largest absolute Gasteiger partial charge is 0.327 e. The minimum absolute atomic E-state index is 0.0521. The number of carbonyl (C=O) groups excluding carboxylic acids is 1. The first-order valence-corrected chi connectivity index (χ1v) is 7.74. The summed E-state index contributed by atoms with van der Waals surface area (Å²) in [6.07, 6.45) is 1.20. The normalized spacial score (nSPS) is 24.8. The maximum Gasteiger partial charge on any atom is 0.293 e. The molecule has 1 amide bonds. The van der Waals surface area contributed by atoms with Crippen molar-refractivity contribution >= 4 is 17.3 Å². The number of nitro groups is 1. The van der Waals surface area contributed by atoms with Crippen LogP contribution in [0.25, 0.3) is 0 Å². The van der Waals surface area contributed by atoms with Crippen LogP contribution in [-0.2, 0) is 4.79 Å². The smallest absolute Gasteiger partial charge is 0.293 e. The molecule has 0 spiro atoms. The summed E-state index contributed by atoms with van der Waals surface area (Å²) < 4.78 is 0. The molecule has 0 radical (unpaired) electrons. The second-order valence-corrected chi connectivity index (χ2v) is 6.56. The Kier molecular flexibility index (Phi) is 5.13. The van der Waals surface area contributed by atoms with Crippen molar-refractivity contribution < 1.29 is 14.6 Å². The van der Waals surface area contributed by atoms with Crippen LogP contribution in [0.5, 0.6) is 0 Å².